The van der Waals surface area contributed by atoms with Gasteiger partial charge in [0.1, 0.15) is 5.82 Å². The van der Waals surface area contributed by atoms with Crippen molar-refractivity contribution in [2.24, 2.45) is 0 Å². The summed E-state index contributed by atoms with van der Waals surface area (Å²) in [7, 11) is 0. The number of benzene rings is 2. The highest BCUT2D eigenvalue weighted by Gasteiger charge is 2.04. The molecule has 2 nitrogen and oxygen atoms in total. The number of halogens is 2. The minimum atomic E-state index is -0.206. The molecule has 0 saturated heterocycles. The van der Waals surface area contributed by atoms with Gasteiger partial charge in [-0.25, -0.2) is 4.39 Å². The average molecular weight is 366 g/mol. The summed E-state index contributed by atoms with van der Waals surface area (Å²) >= 11 is 2.14. The maximum Gasteiger partial charge on any atom is 0.124 e. The molecular weight excluding hydrogens is 354 g/mol. The molecule has 0 aliphatic carbocycles. The maximum atomic E-state index is 13.0. The fourth-order valence-corrected chi connectivity index (χ4v) is 2.80. The second kappa shape index (κ2) is 5.21. The second-order valence-corrected chi connectivity index (χ2v) is 5.50. The number of hydrogen-bond donors (Lipinski definition) is 2. The van der Waals surface area contributed by atoms with Crippen molar-refractivity contribution in [3.05, 3.63) is 63.6 Å². The van der Waals surface area contributed by atoms with Gasteiger partial charge in [-0.05, 0) is 58.5 Å². The molecule has 0 spiro atoms. The van der Waals surface area contributed by atoms with Crippen LogP contribution in [-0.4, -0.2) is 4.98 Å². The summed E-state index contributed by atoms with van der Waals surface area (Å²) in [4.78, 5) is 3.20. The third-order valence-electron chi connectivity index (χ3n) is 3.09. The maximum absolute atomic E-state index is 13.0. The van der Waals surface area contributed by atoms with Gasteiger partial charge in [0.15, 0.2) is 0 Å². The number of fused-ring (bicyclic) bond motifs is 1. The quantitative estimate of drug-likeness (QED) is 0.656. The van der Waals surface area contributed by atoms with Gasteiger partial charge in [-0.1, -0.05) is 12.1 Å². The van der Waals surface area contributed by atoms with Crippen LogP contribution in [-0.2, 0) is 6.54 Å². The lowest BCUT2D eigenvalue weighted by Gasteiger charge is -2.09. The average Bonchev–Trinajstić information content (AvgIpc) is 2.86. The van der Waals surface area contributed by atoms with Crippen LogP contribution in [0.25, 0.3) is 10.9 Å². The summed E-state index contributed by atoms with van der Waals surface area (Å²) in [6.07, 6.45) is 1.94. The van der Waals surface area contributed by atoms with Crippen LogP contribution < -0.4 is 5.32 Å². The van der Waals surface area contributed by atoms with E-state index in [9.17, 15) is 4.39 Å². The fraction of sp³-hybridized carbons (Fsp3) is 0.0667. The Kier molecular flexibility index (Phi) is 3.42. The van der Waals surface area contributed by atoms with Crippen molar-refractivity contribution >= 4 is 39.2 Å². The number of nitrogens with one attached hydrogen (secondary N) is 2. The number of anilines is 1. The first-order chi connectivity index (χ1) is 9.24. The zero-order valence-corrected chi connectivity index (χ0v) is 12.2. The van der Waals surface area contributed by atoms with Crippen LogP contribution in [0.2, 0.25) is 0 Å². The topological polar surface area (TPSA) is 27.8 Å². The molecular formula is C15H12FIN2. The Bertz CT molecular complexity index is 721. The highest BCUT2D eigenvalue weighted by Crippen LogP contribution is 2.22. The van der Waals surface area contributed by atoms with Gasteiger partial charge in [0.05, 0.1) is 0 Å². The minimum Gasteiger partial charge on any atom is -0.380 e. The molecule has 1 aromatic heterocycles. The van der Waals surface area contributed by atoms with E-state index >= 15 is 0 Å². The minimum absolute atomic E-state index is 0.206. The molecule has 0 aliphatic heterocycles. The van der Waals surface area contributed by atoms with Gasteiger partial charge in [-0.2, -0.15) is 0 Å². The van der Waals surface area contributed by atoms with Gasteiger partial charge in [-0.3, -0.25) is 0 Å². The molecule has 96 valence electrons. The summed E-state index contributed by atoms with van der Waals surface area (Å²) < 4.78 is 13.9. The van der Waals surface area contributed by atoms with Crippen LogP contribution in [0.3, 0.4) is 0 Å². The van der Waals surface area contributed by atoms with Gasteiger partial charge in [0.25, 0.3) is 0 Å². The highest BCUT2D eigenvalue weighted by molar-refractivity contribution is 14.1. The van der Waals surface area contributed by atoms with Crippen molar-refractivity contribution in [1.82, 2.24) is 4.98 Å². The first-order valence-corrected chi connectivity index (χ1v) is 7.06. The molecule has 0 aliphatic rings. The molecule has 0 saturated carbocycles. The predicted octanol–water partition coefficient (Wildman–Crippen LogP) is 4.52. The largest absolute Gasteiger partial charge is 0.380 e. The van der Waals surface area contributed by atoms with Crippen LogP contribution >= 0.6 is 22.6 Å². The standard InChI is InChI=1S/C15H12FIN2/c16-11-4-5-15(13(17)8-11)19-9-10-2-1-3-14-12(10)6-7-18-14/h1-8,18-19H,9H2. The van der Waals surface area contributed by atoms with E-state index in [1.807, 2.05) is 12.3 Å². The Morgan fingerprint density at radius 3 is 2.89 bits per heavy atom. The summed E-state index contributed by atoms with van der Waals surface area (Å²) in [5, 5.41) is 4.57. The van der Waals surface area contributed by atoms with Gasteiger partial charge < -0.3 is 10.3 Å². The highest BCUT2D eigenvalue weighted by atomic mass is 127. The van der Waals surface area contributed by atoms with E-state index in [2.05, 4.69) is 51.1 Å². The third kappa shape index (κ3) is 2.58. The van der Waals surface area contributed by atoms with Crippen molar-refractivity contribution in [2.45, 2.75) is 6.54 Å². The van der Waals surface area contributed by atoms with Gasteiger partial charge in [0.2, 0.25) is 0 Å². The first-order valence-electron chi connectivity index (χ1n) is 5.98. The summed E-state index contributed by atoms with van der Waals surface area (Å²) in [6.45, 7) is 0.719. The van der Waals surface area contributed by atoms with E-state index in [0.29, 0.717) is 0 Å². The molecule has 19 heavy (non-hydrogen) atoms. The SMILES string of the molecule is Fc1ccc(NCc2cccc3[nH]ccc23)c(I)c1. The first kappa shape index (κ1) is 12.5. The van der Waals surface area contributed by atoms with Gasteiger partial charge in [-0.15, -0.1) is 0 Å². The van der Waals surface area contributed by atoms with Crippen molar-refractivity contribution in [1.29, 1.82) is 0 Å². The Morgan fingerprint density at radius 2 is 2.05 bits per heavy atom. The molecule has 2 N–H and O–H groups in total. The van der Waals surface area contributed by atoms with Crippen LogP contribution in [0, 0.1) is 9.39 Å². The van der Waals surface area contributed by atoms with E-state index in [1.54, 1.807) is 6.07 Å². The molecule has 3 aromatic rings. The van der Waals surface area contributed by atoms with Crippen molar-refractivity contribution in [2.75, 3.05) is 5.32 Å². The molecule has 0 bridgehead atoms. The van der Waals surface area contributed by atoms with E-state index in [-0.39, 0.29) is 5.82 Å². The molecule has 2 aromatic carbocycles. The van der Waals surface area contributed by atoms with Crippen molar-refractivity contribution < 1.29 is 4.39 Å². The molecule has 0 atom stereocenters. The normalized spacial score (nSPS) is 10.8. The smallest absolute Gasteiger partial charge is 0.124 e. The lowest BCUT2D eigenvalue weighted by molar-refractivity contribution is 0.627. The molecule has 0 fully saturated rings. The number of aromatic nitrogens is 1. The Morgan fingerprint density at radius 1 is 1.16 bits per heavy atom. The molecule has 0 unspecified atom stereocenters. The number of aromatic amines is 1. The lowest BCUT2D eigenvalue weighted by atomic mass is 10.1. The third-order valence-corrected chi connectivity index (χ3v) is 3.98. The molecule has 1 heterocycles. The van der Waals surface area contributed by atoms with E-state index in [1.165, 1.54) is 23.1 Å². The lowest BCUT2D eigenvalue weighted by Crippen LogP contribution is -2.01. The summed E-state index contributed by atoms with van der Waals surface area (Å²) in [5.74, 6) is -0.206. The molecule has 0 amide bonds. The van der Waals surface area contributed by atoms with Crippen molar-refractivity contribution in [3.63, 3.8) is 0 Å². The van der Waals surface area contributed by atoms with E-state index in [4.69, 9.17) is 0 Å². The van der Waals surface area contributed by atoms with Crippen molar-refractivity contribution in [3.8, 4) is 0 Å². The number of rotatable bonds is 3. The Labute approximate surface area is 124 Å². The zero-order valence-electron chi connectivity index (χ0n) is 10.1. The zero-order chi connectivity index (χ0) is 13.2. The van der Waals surface area contributed by atoms with Crippen LogP contribution in [0.4, 0.5) is 10.1 Å². The van der Waals surface area contributed by atoms with Crippen LogP contribution in [0.5, 0.6) is 0 Å². The van der Waals surface area contributed by atoms with Crippen LogP contribution in [0.15, 0.2) is 48.7 Å². The second-order valence-electron chi connectivity index (χ2n) is 4.33. The molecule has 4 heteroatoms. The summed E-state index contributed by atoms with van der Waals surface area (Å²) in [6, 6.07) is 13.0. The monoisotopic (exact) mass is 366 g/mol. The Hall–Kier alpha value is -1.56. The summed E-state index contributed by atoms with van der Waals surface area (Å²) in [5.41, 5.74) is 3.31. The van der Waals surface area contributed by atoms with Gasteiger partial charge in [0, 0.05) is 32.9 Å². The number of hydrogen-bond acceptors (Lipinski definition) is 1. The van der Waals surface area contributed by atoms with Crippen LogP contribution in [0.1, 0.15) is 5.56 Å². The number of H-pyrrole nitrogens is 1. The van der Waals surface area contributed by atoms with Gasteiger partial charge >= 0.3 is 0 Å². The van der Waals surface area contributed by atoms with E-state index < -0.39 is 0 Å². The molecule has 3 rings (SSSR count). The molecule has 0 radical (unpaired) electrons. The van der Waals surface area contributed by atoms with E-state index in [0.717, 1.165) is 21.3 Å². The Balaban J connectivity index is 1.84. The predicted molar refractivity (Wildman–Crippen MR) is 84.7 cm³/mol. The fourth-order valence-electron chi connectivity index (χ4n) is 2.13.